The number of para-hydroxylation sites is 1. The van der Waals surface area contributed by atoms with Crippen molar-refractivity contribution in [2.75, 3.05) is 0 Å². The first-order valence-corrected chi connectivity index (χ1v) is 8.82. The maximum atomic E-state index is 12.4. The Balaban J connectivity index is 1.96. The van der Waals surface area contributed by atoms with Crippen molar-refractivity contribution in [3.05, 3.63) is 42.1 Å². The van der Waals surface area contributed by atoms with Gasteiger partial charge in [-0.1, -0.05) is 32.0 Å². The molecule has 5 heteroatoms. The van der Waals surface area contributed by atoms with E-state index in [4.69, 9.17) is 4.98 Å². The molecule has 5 nitrogen and oxygen atoms in total. The lowest BCUT2D eigenvalue weighted by molar-refractivity contribution is -0.135. The molecule has 0 bridgehead atoms. The highest BCUT2D eigenvalue weighted by Gasteiger charge is 2.30. The molecular weight excluding hydrogens is 314 g/mol. The Labute approximate surface area is 146 Å². The van der Waals surface area contributed by atoms with E-state index < -0.39 is 6.04 Å². The molecule has 2 unspecified atom stereocenters. The van der Waals surface area contributed by atoms with E-state index >= 15 is 0 Å². The summed E-state index contributed by atoms with van der Waals surface area (Å²) in [6.45, 7) is 4.36. The second-order valence-corrected chi connectivity index (χ2v) is 6.80. The van der Waals surface area contributed by atoms with E-state index in [1.807, 2.05) is 29.0 Å². The second-order valence-electron chi connectivity index (χ2n) is 6.80. The molecule has 1 N–H and O–H groups in total. The van der Waals surface area contributed by atoms with Gasteiger partial charge in [0.25, 0.3) is 0 Å². The summed E-state index contributed by atoms with van der Waals surface area (Å²) in [5.74, 6) is -0.00430. The maximum absolute atomic E-state index is 12.4. The fourth-order valence-electron chi connectivity index (χ4n) is 3.64. The van der Waals surface area contributed by atoms with Crippen LogP contribution >= 0.6 is 0 Å². The number of carbonyl (C=O) groups is 2. The van der Waals surface area contributed by atoms with Crippen LogP contribution in [0.1, 0.15) is 50.6 Å². The van der Waals surface area contributed by atoms with E-state index in [0.29, 0.717) is 18.8 Å². The van der Waals surface area contributed by atoms with Gasteiger partial charge in [0.15, 0.2) is 0 Å². The molecule has 0 spiro atoms. The smallest absolute Gasteiger partial charge is 0.249 e. The molecule has 3 heterocycles. The van der Waals surface area contributed by atoms with Crippen LogP contribution in [0.25, 0.3) is 21.9 Å². The number of carbonyl (C=O) groups excluding carboxylic acids is 2. The summed E-state index contributed by atoms with van der Waals surface area (Å²) < 4.78 is 1.99. The van der Waals surface area contributed by atoms with E-state index in [9.17, 15) is 9.59 Å². The molecule has 1 fully saturated rings. The van der Waals surface area contributed by atoms with Gasteiger partial charge in [-0.2, -0.15) is 0 Å². The topological polar surface area (TPSA) is 64.0 Å². The molecule has 2 amide bonds. The largest absolute Gasteiger partial charge is 0.313 e. The average Bonchev–Trinajstić information content (AvgIpc) is 2.95. The van der Waals surface area contributed by atoms with Crippen LogP contribution in [0, 0.1) is 0 Å². The Morgan fingerprint density at radius 2 is 2.08 bits per heavy atom. The van der Waals surface area contributed by atoms with Crippen molar-refractivity contribution in [1.82, 2.24) is 14.9 Å². The van der Waals surface area contributed by atoms with Gasteiger partial charge in [-0.25, -0.2) is 4.98 Å². The van der Waals surface area contributed by atoms with Crippen LogP contribution in [0.3, 0.4) is 0 Å². The first kappa shape index (κ1) is 15.8. The molecule has 1 aliphatic rings. The van der Waals surface area contributed by atoms with Gasteiger partial charge in [-0.3, -0.25) is 14.9 Å². The summed E-state index contributed by atoms with van der Waals surface area (Å²) in [4.78, 5) is 28.7. The Morgan fingerprint density at radius 3 is 2.84 bits per heavy atom. The number of nitrogens with zero attached hydrogens (tertiary/aromatic N) is 2. The van der Waals surface area contributed by atoms with Gasteiger partial charge in [-0.05, 0) is 36.5 Å². The third-order valence-electron chi connectivity index (χ3n) is 5.27. The normalized spacial score (nSPS) is 19.4. The van der Waals surface area contributed by atoms with Crippen molar-refractivity contribution in [2.45, 2.75) is 45.1 Å². The summed E-state index contributed by atoms with van der Waals surface area (Å²) in [5, 5.41) is 4.62. The van der Waals surface area contributed by atoms with Crippen LogP contribution in [0.4, 0.5) is 0 Å². The van der Waals surface area contributed by atoms with Crippen molar-refractivity contribution in [2.24, 2.45) is 0 Å². The Bertz CT molecular complexity index is 989. The number of hydrogen-bond acceptors (Lipinski definition) is 3. The molecule has 1 aliphatic heterocycles. The van der Waals surface area contributed by atoms with Crippen molar-refractivity contribution in [3.63, 3.8) is 0 Å². The van der Waals surface area contributed by atoms with Crippen molar-refractivity contribution >= 4 is 33.8 Å². The Hall–Kier alpha value is -2.69. The van der Waals surface area contributed by atoms with Crippen molar-refractivity contribution in [3.8, 4) is 0 Å². The monoisotopic (exact) mass is 335 g/mol. The summed E-state index contributed by atoms with van der Waals surface area (Å²) >= 11 is 0. The molecular formula is C20H21N3O2. The summed E-state index contributed by atoms with van der Waals surface area (Å²) in [6, 6.07) is 9.86. The molecule has 1 aromatic carbocycles. The van der Waals surface area contributed by atoms with E-state index in [1.54, 1.807) is 0 Å². The third kappa shape index (κ3) is 2.51. The minimum Gasteiger partial charge on any atom is -0.313 e. The zero-order valence-corrected chi connectivity index (χ0v) is 14.5. The van der Waals surface area contributed by atoms with Gasteiger partial charge in [0.1, 0.15) is 11.7 Å². The molecule has 128 valence electrons. The van der Waals surface area contributed by atoms with Gasteiger partial charge in [-0.15, -0.1) is 0 Å². The highest BCUT2D eigenvalue weighted by Crippen LogP contribution is 2.34. The predicted molar refractivity (Wildman–Crippen MR) is 97.4 cm³/mol. The molecule has 0 radical (unpaired) electrons. The predicted octanol–water partition coefficient (Wildman–Crippen LogP) is 3.68. The highest BCUT2D eigenvalue weighted by molar-refractivity contribution is 6.09. The minimum atomic E-state index is -0.401. The quantitative estimate of drug-likeness (QED) is 0.743. The molecule has 0 saturated carbocycles. The number of rotatable bonds is 3. The van der Waals surface area contributed by atoms with Gasteiger partial charge < -0.3 is 4.57 Å². The lowest BCUT2D eigenvalue weighted by atomic mass is 9.99. The molecule has 4 rings (SSSR count). The lowest BCUT2D eigenvalue weighted by Gasteiger charge is -2.23. The standard InChI is InChI=1S/C20H21N3O2/c1-3-12(2)13-10-15-14-6-4-5-7-16(14)23(19(15)21-11-13)17-8-9-18(24)22-20(17)25/h4-7,10-12,17H,3,8-9H2,1-2H3,(H,22,24,25). The van der Waals surface area contributed by atoms with Crippen LogP contribution in [-0.2, 0) is 9.59 Å². The number of piperidine rings is 1. The Morgan fingerprint density at radius 1 is 1.28 bits per heavy atom. The van der Waals surface area contributed by atoms with Gasteiger partial charge in [0.2, 0.25) is 11.8 Å². The van der Waals surface area contributed by atoms with Gasteiger partial charge in [0.05, 0.1) is 5.52 Å². The minimum absolute atomic E-state index is 0.200. The molecule has 0 aliphatic carbocycles. The van der Waals surface area contributed by atoms with Crippen LogP contribution < -0.4 is 5.32 Å². The van der Waals surface area contributed by atoms with Crippen molar-refractivity contribution in [1.29, 1.82) is 0 Å². The van der Waals surface area contributed by atoms with Crippen LogP contribution in [0.2, 0.25) is 0 Å². The molecule has 1 saturated heterocycles. The number of fused-ring (bicyclic) bond motifs is 3. The number of amides is 2. The number of benzene rings is 1. The molecule has 2 aromatic heterocycles. The first-order chi connectivity index (χ1) is 12.1. The van der Waals surface area contributed by atoms with E-state index in [1.165, 1.54) is 5.56 Å². The Kier molecular flexibility index (Phi) is 3.79. The average molecular weight is 335 g/mol. The van der Waals surface area contributed by atoms with E-state index in [0.717, 1.165) is 28.4 Å². The number of pyridine rings is 1. The van der Waals surface area contributed by atoms with Crippen molar-refractivity contribution < 1.29 is 9.59 Å². The maximum Gasteiger partial charge on any atom is 0.249 e. The SMILES string of the molecule is CCC(C)c1cnc2c(c1)c1ccccc1n2C1CCC(=O)NC1=O. The van der Waals surface area contributed by atoms with Crippen LogP contribution in [0.15, 0.2) is 36.5 Å². The van der Waals surface area contributed by atoms with Crippen LogP contribution in [0.5, 0.6) is 0 Å². The summed E-state index contributed by atoms with van der Waals surface area (Å²) in [5.41, 5.74) is 3.00. The zero-order chi connectivity index (χ0) is 17.6. The third-order valence-corrected chi connectivity index (χ3v) is 5.27. The summed E-state index contributed by atoms with van der Waals surface area (Å²) in [7, 11) is 0. The number of imide groups is 1. The fourth-order valence-corrected chi connectivity index (χ4v) is 3.64. The van der Waals surface area contributed by atoms with Gasteiger partial charge in [0, 0.05) is 23.4 Å². The summed E-state index contributed by atoms with van der Waals surface area (Å²) in [6.07, 6.45) is 3.83. The number of hydrogen-bond donors (Lipinski definition) is 1. The van der Waals surface area contributed by atoms with E-state index in [-0.39, 0.29) is 11.8 Å². The number of nitrogens with one attached hydrogen (secondary N) is 1. The molecule has 25 heavy (non-hydrogen) atoms. The van der Waals surface area contributed by atoms with Gasteiger partial charge >= 0.3 is 0 Å². The van der Waals surface area contributed by atoms with Crippen LogP contribution in [-0.4, -0.2) is 21.4 Å². The van der Waals surface area contributed by atoms with E-state index in [2.05, 4.69) is 31.3 Å². The zero-order valence-electron chi connectivity index (χ0n) is 14.5. The lowest BCUT2D eigenvalue weighted by Crippen LogP contribution is -2.41. The second kappa shape index (κ2) is 5.99. The first-order valence-electron chi connectivity index (χ1n) is 8.82. The number of aromatic nitrogens is 2. The highest BCUT2D eigenvalue weighted by atomic mass is 16.2. The fraction of sp³-hybridized carbons (Fsp3) is 0.350. The molecule has 2 atom stereocenters. The molecule has 3 aromatic rings.